The van der Waals surface area contributed by atoms with E-state index in [0.29, 0.717) is 5.69 Å². The van der Waals surface area contributed by atoms with Gasteiger partial charge in [0.1, 0.15) is 0 Å². The van der Waals surface area contributed by atoms with Crippen molar-refractivity contribution in [2.45, 2.75) is 12.7 Å². The largest absolute Gasteiger partial charge is 0.418 e. The SMILES string of the molecule is Nc1ccc(C(=O)NCc2cscn2)cc1C(F)(F)F. The summed E-state index contributed by atoms with van der Waals surface area (Å²) in [6, 6.07) is 3.06. The van der Waals surface area contributed by atoms with Crippen LogP contribution in [-0.4, -0.2) is 10.9 Å². The fourth-order valence-corrected chi connectivity index (χ4v) is 2.10. The number of carbonyl (C=O) groups is 1. The van der Waals surface area contributed by atoms with Crippen LogP contribution in [0.2, 0.25) is 0 Å². The third-order valence-electron chi connectivity index (χ3n) is 2.53. The molecule has 0 aliphatic heterocycles. The van der Waals surface area contributed by atoms with Crippen LogP contribution in [0.5, 0.6) is 0 Å². The van der Waals surface area contributed by atoms with Gasteiger partial charge in [0.05, 0.1) is 23.3 Å². The number of nitrogens with two attached hydrogens (primary N) is 1. The van der Waals surface area contributed by atoms with Crippen molar-refractivity contribution in [1.82, 2.24) is 10.3 Å². The van der Waals surface area contributed by atoms with E-state index < -0.39 is 23.3 Å². The van der Waals surface area contributed by atoms with Crippen LogP contribution in [0, 0.1) is 0 Å². The normalized spacial score (nSPS) is 11.3. The molecule has 4 nitrogen and oxygen atoms in total. The summed E-state index contributed by atoms with van der Waals surface area (Å²) in [5.41, 5.74) is 6.00. The van der Waals surface area contributed by atoms with Crippen molar-refractivity contribution in [2.24, 2.45) is 0 Å². The molecule has 1 aromatic carbocycles. The van der Waals surface area contributed by atoms with Gasteiger partial charge < -0.3 is 11.1 Å². The second-order valence-electron chi connectivity index (χ2n) is 3.96. The summed E-state index contributed by atoms with van der Waals surface area (Å²) >= 11 is 1.37. The second-order valence-corrected chi connectivity index (χ2v) is 4.68. The van der Waals surface area contributed by atoms with Gasteiger partial charge in [0.15, 0.2) is 0 Å². The summed E-state index contributed by atoms with van der Waals surface area (Å²) in [6.45, 7) is 0.161. The van der Waals surface area contributed by atoms with Crippen molar-refractivity contribution in [3.8, 4) is 0 Å². The van der Waals surface area contributed by atoms with Gasteiger partial charge in [0.25, 0.3) is 5.91 Å². The zero-order valence-electron chi connectivity index (χ0n) is 10.1. The standard InChI is InChI=1S/C12H10F3N3OS/c13-12(14,15)9-3-7(1-2-10(9)16)11(19)17-4-8-5-20-6-18-8/h1-3,5-6H,4,16H2,(H,17,19). The number of halogens is 3. The number of nitrogens with one attached hydrogen (secondary N) is 1. The van der Waals surface area contributed by atoms with Crippen LogP contribution in [0.1, 0.15) is 21.6 Å². The van der Waals surface area contributed by atoms with Gasteiger partial charge in [0, 0.05) is 16.6 Å². The molecule has 0 atom stereocenters. The molecule has 20 heavy (non-hydrogen) atoms. The van der Waals surface area contributed by atoms with Crippen molar-refractivity contribution in [3.05, 3.63) is 45.9 Å². The molecule has 1 aromatic heterocycles. The van der Waals surface area contributed by atoms with Gasteiger partial charge >= 0.3 is 6.18 Å². The van der Waals surface area contributed by atoms with Crippen LogP contribution < -0.4 is 11.1 Å². The van der Waals surface area contributed by atoms with Gasteiger partial charge in [-0.2, -0.15) is 13.2 Å². The van der Waals surface area contributed by atoms with E-state index in [2.05, 4.69) is 10.3 Å². The number of thiazole rings is 1. The molecule has 0 radical (unpaired) electrons. The third kappa shape index (κ3) is 3.27. The molecule has 0 bridgehead atoms. The summed E-state index contributed by atoms with van der Waals surface area (Å²) < 4.78 is 38.0. The summed E-state index contributed by atoms with van der Waals surface area (Å²) in [6.07, 6.45) is -4.59. The van der Waals surface area contributed by atoms with Gasteiger partial charge in [0.2, 0.25) is 0 Å². The molecular formula is C12H10F3N3OS. The maximum Gasteiger partial charge on any atom is 0.418 e. The molecule has 0 aliphatic rings. The number of anilines is 1. The molecule has 0 aliphatic carbocycles. The van der Waals surface area contributed by atoms with Crippen LogP contribution in [0.3, 0.4) is 0 Å². The average Bonchev–Trinajstić information content (AvgIpc) is 2.88. The lowest BCUT2D eigenvalue weighted by atomic mass is 10.1. The van der Waals surface area contributed by atoms with Crippen molar-refractivity contribution in [2.75, 3.05) is 5.73 Å². The van der Waals surface area contributed by atoms with Crippen molar-refractivity contribution in [3.63, 3.8) is 0 Å². The monoisotopic (exact) mass is 301 g/mol. The van der Waals surface area contributed by atoms with E-state index in [-0.39, 0.29) is 12.1 Å². The number of benzene rings is 1. The molecule has 0 saturated carbocycles. The van der Waals surface area contributed by atoms with Gasteiger partial charge in [-0.3, -0.25) is 4.79 Å². The minimum absolute atomic E-state index is 0.0956. The first kappa shape index (κ1) is 14.3. The van der Waals surface area contributed by atoms with Gasteiger partial charge in [-0.15, -0.1) is 11.3 Å². The number of amides is 1. The number of nitrogen functional groups attached to an aromatic ring is 1. The molecule has 8 heteroatoms. The number of hydrogen-bond donors (Lipinski definition) is 2. The molecule has 106 valence electrons. The van der Waals surface area contributed by atoms with Crippen LogP contribution >= 0.6 is 11.3 Å². The minimum Gasteiger partial charge on any atom is -0.398 e. The fraction of sp³-hybridized carbons (Fsp3) is 0.167. The first-order valence-corrected chi connectivity index (χ1v) is 6.44. The third-order valence-corrected chi connectivity index (χ3v) is 3.17. The average molecular weight is 301 g/mol. The predicted octanol–water partition coefficient (Wildman–Crippen LogP) is 2.67. The molecule has 0 saturated heterocycles. The maximum atomic E-state index is 12.7. The zero-order chi connectivity index (χ0) is 14.8. The number of hydrogen-bond acceptors (Lipinski definition) is 4. The highest BCUT2D eigenvalue weighted by Gasteiger charge is 2.33. The topological polar surface area (TPSA) is 68.0 Å². The Morgan fingerprint density at radius 3 is 2.75 bits per heavy atom. The number of carbonyl (C=O) groups excluding carboxylic acids is 1. The molecule has 3 N–H and O–H groups in total. The van der Waals surface area contributed by atoms with Crippen LogP contribution in [-0.2, 0) is 12.7 Å². The molecule has 0 spiro atoms. The van der Waals surface area contributed by atoms with E-state index in [0.717, 1.165) is 12.1 Å². The highest BCUT2D eigenvalue weighted by molar-refractivity contribution is 7.07. The molecule has 1 heterocycles. The van der Waals surface area contributed by atoms with Gasteiger partial charge in [-0.25, -0.2) is 4.98 Å². The Morgan fingerprint density at radius 1 is 1.40 bits per heavy atom. The van der Waals surface area contributed by atoms with Crippen LogP contribution in [0.15, 0.2) is 29.1 Å². The number of nitrogens with zero attached hydrogens (tertiary/aromatic N) is 1. The lowest BCUT2D eigenvalue weighted by Gasteiger charge is -2.11. The summed E-state index contributed by atoms with van der Waals surface area (Å²) in [5.74, 6) is -0.608. The van der Waals surface area contributed by atoms with E-state index in [9.17, 15) is 18.0 Å². The van der Waals surface area contributed by atoms with E-state index in [1.807, 2.05) is 0 Å². The van der Waals surface area contributed by atoms with Gasteiger partial charge in [-0.1, -0.05) is 0 Å². The Hall–Kier alpha value is -2.09. The Labute approximate surface area is 116 Å². The summed E-state index contributed by atoms with van der Waals surface area (Å²) in [4.78, 5) is 15.7. The molecule has 0 unspecified atom stereocenters. The van der Waals surface area contributed by atoms with E-state index in [1.54, 1.807) is 10.9 Å². The van der Waals surface area contributed by atoms with Crippen molar-refractivity contribution >= 4 is 22.9 Å². The predicted molar refractivity (Wildman–Crippen MR) is 69.1 cm³/mol. The Kier molecular flexibility index (Phi) is 3.93. The molecular weight excluding hydrogens is 291 g/mol. The first-order valence-electron chi connectivity index (χ1n) is 5.50. The van der Waals surface area contributed by atoms with Crippen molar-refractivity contribution in [1.29, 1.82) is 0 Å². The molecule has 2 aromatic rings. The van der Waals surface area contributed by atoms with Crippen molar-refractivity contribution < 1.29 is 18.0 Å². The zero-order valence-corrected chi connectivity index (χ0v) is 10.9. The number of alkyl halides is 3. The highest BCUT2D eigenvalue weighted by Crippen LogP contribution is 2.33. The Bertz CT molecular complexity index is 611. The smallest absolute Gasteiger partial charge is 0.398 e. The first-order chi connectivity index (χ1) is 9.38. The summed E-state index contributed by atoms with van der Waals surface area (Å²) in [7, 11) is 0. The lowest BCUT2D eigenvalue weighted by Crippen LogP contribution is -2.23. The second kappa shape index (κ2) is 5.49. The quantitative estimate of drug-likeness (QED) is 0.856. The molecule has 0 fully saturated rings. The fourth-order valence-electron chi connectivity index (χ4n) is 1.54. The Morgan fingerprint density at radius 2 is 2.15 bits per heavy atom. The minimum atomic E-state index is -4.59. The molecule has 1 amide bonds. The van der Waals surface area contributed by atoms with Crippen LogP contribution in [0.4, 0.5) is 18.9 Å². The van der Waals surface area contributed by atoms with Gasteiger partial charge in [-0.05, 0) is 18.2 Å². The lowest BCUT2D eigenvalue weighted by molar-refractivity contribution is -0.136. The maximum absolute atomic E-state index is 12.7. The number of aromatic nitrogens is 1. The van der Waals surface area contributed by atoms with E-state index in [1.165, 1.54) is 17.4 Å². The summed E-state index contributed by atoms with van der Waals surface area (Å²) in [5, 5.41) is 4.24. The van der Waals surface area contributed by atoms with Crippen LogP contribution in [0.25, 0.3) is 0 Å². The number of rotatable bonds is 3. The van der Waals surface area contributed by atoms with E-state index >= 15 is 0 Å². The highest BCUT2D eigenvalue weighted by atomic mass is 32.1. The molecule has 2 rings (SSSR count). The Balaban J connectivity index is 2.14. The van der Waals surface area contributed by atoms with E-state index in [4.69, 9.17) is 5.73 Å².